The van der Waals surface area contributed by atoms with E-state index >= 15 is 0 Å². The molecule has 6 rings (SSSR count). The van der Waals surface area contributed by atoms with E-state index in [1.54, 1.807) is 4.90 Å². The summed E-state index contributed by atoms with van der Waals surface area (Å²) in [5.41, 5.74) is 3.40. The molecular formula is C27H25BrN4O4S. The Bertz CT molecular complexity index is 1570. The van der Waals surface area contributed by atoms with Gasteiger partial charge in [-0.3, -0.25) is 18.9 Å². The molecular weight excluding hydrogens is 556 g/mol. The van der Waals surface area contributed by atoms with Crippen LogP contribution in [0.5, 0.6) is 0 Å². The number of aliphatic hydroxyl groups is 1. The molecule has 1 fully saturated rings. The first-order chi connectivity index (χ1) is 17.9. The van der Waals surface area contributed by atoms with Crippen molar-refractivity contribution in [2.24, 2.45) is 0 Å². The van der Waals surface area contributed by atoms with Gasteiger partial charge >= 0.3 is 0 Å². The van der Waals surface area contributed by atoms with E-state index in [0.717, 1.165) is 39.9 Å². The zero-order valence-corrected chi connectivity index (χ0v) is 22.6. The molecule has 190 valence electrons. The van der Waals surface area contributed by atoms with Gasteiger partial charge in [0.15, 0.2) is 10.7 Å². The lowest BCUT2D eigenvalue weighted by molar-refractivity contribution is -0.129. The number of halogens is 1. The number of amides is 1. The summed E-state index contributed by atoms with van der Waals surface area (Å²) in [6.45, 7) is 5.78. The van der Waals surface area contributed by atoms with E-state index in [0.29, 0.717) is 36.1 Å². The Labute approximate surface area is 225 Å². The standard InChI is InChI=1S/C27H25BrN4O4S/c1-16-25(37-27-29-19-7-2-3-8-20(19)32(16)27)23(33)21-22(17-5-4-6-18(28)15-17)31(26(35)24(21)34)10-9-30-11-13-36-14-12-30/h2-8,15,22,34H,9-14H2,1H3. The summed E-state index contributed by atoms with van der Waals surface area (Å²) < 4.78 is 8.24. The number of hydrogen-bond donors (Lipinski definition) is 1. The fourth-order valence-corrected chi connectivity index (χ4v) is 6.72. The zero-order chi connectivity index (χ0) is 25.7. The minimum Gasteiger partial charge on any atom is -0.503 e. The number of morpholine rings is 1. The highest BCUT2D eigenvalue weighted by molar-refractivity contribution is 9.10. The molecule has 10 heteroatoms. The summed E-state index contributed by atoms with van der Waals surface area (Å²) in [6.07, 6.45) is 0. The molecule has 8 nitrogen and oxygen atoms in total. The van der Waals surface area contributed by atoms with Crippen molar-refractivity contribution >= 4 is 55.0 Å². The summed E-state index contributed by atoms with van der Waals surface area (Å²) in [6, 6.07) is 14.6. The van der Waals surface area contributed by atoms with E-state index < -0.39 is 17.7 Å². The van der Waals surface area contributed by atoms with Crippen LogP contribution in [-0.2, 0) is 9.53 Å². The normalized spacial score (nSPS) is 19.0. The fourth-order valence-electron chi connectivity index (χ4n) is 5.21. The number of thiazole rings is 1. The highest BCUT2D eigenvalue weighted by Gasteiger charge is 2.44. The van der Waals surface area contributed by atoms with Crippen molar-refractivity contribution in [2.45, 2.75) is 13.0 Å². The number of hydrogen-bond acceptors (Lipinski definition) is 7. The second kappa shape index (κ2) is 9.68. The third-order valence-corrected chi connectivity index (χ3v) is 8.70. The Kier molecular flexibility index (Phi) is 6.36. The molecule has 0 spiro atoms. The van der Waals surface area contributed by atoms with Crippen LogP contribution in [0.25, 0.3) is 16.0 Å². The summed E-state index contributed by atoms with van der Waals surface area (Å²) in [4.78, 5) is 37.1. The first kappa shape index (κ1) is 24.3. The molecule has 0 saturated carbocycles. The van der Waals surface area contributed by atoms with Gasteiger partial charge in [0.2, 0.25) is 5.78 Å². The van der Waals surface area contributed by atoms with Crippen molar-refractivity contribution in [2.75, 3.05) is 39.4 Å². The van der Waals surface area contributed by atoms with Gasteiger partial charge in [-0.15, -0.1) is 0 Å². The van der Waals surface area contributed by atoms with Crippen molar-refractivity contribution in [3.05, 3.63) is 80.5 Å². The lowest BCUT2D eigenvalue weighted by atomic mass is 9.95. The highest BCUT2D eigenvalue weighted by Crippen LogP contribution is 2.41. The molecule has 1 saturated heterocycles. The van der Waals surface area contributed by atoms with Crippen LogP contribution in [0.2, 0.25) is 0 Å². The predicted octanol–water partition coefficient (Wildman–Crippen LogP) is 4.53. The van der Waals surface area contributed by atoms with Crippen molar-refractivity contribution in [1.29, 1.82) is 0 Å². The maximum Gasteiger partial charge on any atom is 0.290 e. The lowest BCUT2D eigenvalue weighted by Crippen LogP contribution is -2.43. The van der Waals surface area contributed by atoms with Crippen LogP contribution in [0.15, 0.2) is 64.3 Å². The molecule has 1 amide bonds. The van der Waals surface area contributed by atoms with E-state index in [2.05, 4.69) is 25.8 Å². The molecule has 0 radical (unpaired) electrons. The van der Waals surface area contributed by atoms with Crippen LogP contribution < -0.4 is 0 Å². The van der Waals surface area contributed by atoms with Gasteiger partial charge in [-0.05, 0) is 36.8 Å². The van der Waals surface area contributed by atoms with Crippen LogP contribution in [0.3, 0.4) is 0 Å². The van der Waals surface area contributed by atoms with Gasteiger partial charge in [-0.1, -0.05) is 51.5 Å². The number of nitrogens with zero attached hydrogens (tertiary/aromatic N) is 4. The molecule has 0 aliphatic carbocycles. The molecule has 2 aliphatic heterocycles. The van der Waals surface area contributed by atoms with Crippen molar-refractivity contribution in [1.82, 2.24) is 19.2 Å². The molecule has 4 aromatic rings. The smallest absolute Gasteiger partial charge is 0.290 e. The second-order valence-electron chi connectivity index (χ2n) is 9.24. The largest absolute Gasteiger partial charge is 0.503 e. The number of Topliss-reactive ketones (excluding diaryl/α,β-unsaturated/α-hetero) is 1. The highest BCUT2D eigenvalue weighted by atomic mass is 79.9. The fraction of sp³-hybridized carbons (Fsp3) is 0.296. The number of fused-ring (bicyclic) bond motifs is 3. The van der Waals surface area contributed by atoms with Gasteiger partial charge in [0.05, 0.1) is 40.7 Å². The van der Waals surface area contributed by atoms with Crippen LogP contribution in [0.4, 0.5) is 0 Å². The summed E-state index contributed by atoms with van der Waals surface area (Å²) in [5.74, 6) is -1.35. The van der Waals surface area contributed by atoms with Gasteiger partial charge in [0.1, 0.15) is 0 Å². The Morgan fingerprint density at radius 1 is 1.16 bits per heavy atom. The Morgan fingerprint density at radius 2 is 1.95 bits per heavy atom. The summed E-state index contributed by atoms with van der Waals surface area (Å²) in [7, 11) is 0. The number of carbonyl (C=O) groups is 2. The minimum absolute atomic E-state index is 0.113. The average molecular weight is 581 g/mol. The van der Waals surface area contributed by atoms with Crippen LogP contribution >= 0.6 is 27.3 Å². The Hall–Kier alpha value is -3.05. The second-order valence-corrected chi connectivity index (χ2v) is 11.1. The zero-order valence-electron chi connectivity index (χ0n) is 20.2. The lowest BCUT2D eigenvalue weighted by Gasteiger charge is -2.31. The van der Waals surface area contributed by atoms with E-state index in [-0.39, 0.29) is 11.4 Å². The average Bonchev–Trinajstić information content (AvgIpc) is 3.52. The van der Waals surface area contributed by atoms with E-state index in [4.69, 9.17) is 4.74 Å². The molecule has 1 N–H and O–H groups in total. The molecule has 2 aliphatic rings. The Balaban J connectivity index is 1.40. The number of benzene rings is 2. The maximum atomic E-state index is 14.1. The van der Waals surface area contributed by atoms with Gasteiger partial charge < -0.3 is 14.7 Å². The SMILES string of the molecule is Cc1c(C(=O)C2=C(O)C(=O)N(CCN3CCOCC3)C2c2cccc(Br)c2)sc2nc3ccccc3n12. The first-order valence-electron chi connectivity index (χ1n) is 12.1. The maximum absolute atomic E-state index is 14.1. The number of imidazole rings is 1. The number of ketones is 1. The number of aryl methyl sites for hydroxylation is 1. The number of para-hydroxylation sites is 2. The van der Waals surface area contributed by atoms with E-state index in [1.165, 1.54) is 11.3 Å². The van der Waals surface area contributed by atoms with Gasteiger partial charge in [0, 0.05) is 36.3 Å². The molecule has 1 atom stereocenters. The molecule has 4 heterocycles. The predicted molar refractivity (Wildman–Crippen MR) is 145 cm³/mol. The first-order valence-corrected chi connectivity index (χ1v) is 13.8. The quantitative estimate of drug-likeness (QED) is 0.337. The van der Waals surface area contributed by atoms with Crippen LogP contribution in [0.1, 0.15) is 27.0 Å². The van der Waals surface area contributed by atoms with E-state index in [9.17, 15) is 14.7 Å². The third-order valence-electron chi connectivity index (χ3n) is 7.07. The number of aromatic nitrogens is 2. The van der Waals surface area contributed by atoms with Crippen molar-refractivity contribution in [3.8, 4) is 0 Å². The van der Waals surface area contributed by atoms with Crippen LogP contribution in [0, 0.1) is 6.92 Å². The van der Waals surface area contributed by atoms with E-state index in [1.807, 2.05) is 59.9 Å². The monoisotopic (exact) mass is 580 g/mol. The van der Waals surface area contributed by atoms with Crippen molar-refractivity contribution < 1.29 is 19.4 Å². The van der Waals surface area contributed by atoms with Gasteiger partial charge in [0.25, 0.3) is 5.91 Å². The molecule has 2 aromatic heterocycles. The third kappa shape index (κ3) is 4.17. The molecule has 37 heavy (non-hydrogen) atoms. The molecule has 0 bridgehead atoms. The topological polar surface area (TPSA) is 87.4 Å². The summed E-state index contributed by atoms with van der Waals surface area (Å²) >= 11 is 4.80. The number of carbonyl (C=O) groups excluding carboxylic acids is 2. The Morgan fingerprint density at radius 3 is 2.73 bits per heavy atom. The van der Waals surface area contributed by atoms with Gasteiger partial charge in [-0.25, -0.2) is 4.98 Å². The molecule has 1 unspecified atom stereocenters. The van der Waals surface area contributed by atoms with Gasteiger partial charge in [-0.2, -0.15) is 0 Å². The van der Waals surface area contributed by atoms with Crippen molar-refractivity contribution in [3.63, 3.8) is 0 Å². The molecule has 2 aromatic carbocycles. The minimum atomic E-state index is -0.691. The number of ether oxygens (including phenoxy) is 1. The summed E-state index contributed by atoms with van der Waals surface area (Å²) in [5, 5.41) is 11.1. The number of rotatable bonds is 6. The number of aliphatic hydroxyl groups excluding tert-OH is 1. The van der Waals surface area contributed by atoms with Crippen LogP contribution in [-0.4, -0.2) is 75.4 Å².